The first-order valence-corrected chi connectivity index (χ1v) is 7.22. The third-order valence-corrected chi connectivity index (χ3v) is 3.18. The number of aliphatic hydroxyl groups is 1. The van der Waals surface area contributed by atoms with Gasteiger partial charge in [-0.25, -0.2) is 0 Å². The number of rotatable bonds is 8. The summed E-state index contributed by atoms with van der Waals surface area (Å²) in [5.74, 6) is 10.9. The molecule has 2 heteroatoms. The molecule has 0 aromatic heterocycles. The van der Waals surface area contributed by atoms with Crippen LogP contribution in [-0.4, -0.2) is 23.4 Å². The molecular formula is C17H24O2. The van der Waals surface area contributed by atoms with Crippen LogP contribution in [0.3, 0.4) is 0 Å². The van der Waals surface area contributed by atoms with Crippen LogP contribution in [0.5, 0.6) is 0 Å². The zero-order valence-corrected chi connectivity index (χ0v) is 11.8. The van der Waals surface area contributed by atoms with E-state index in [1.54, 1.807) is 0 Å². The summed E-state index contributed by atoms with van der Waals surface area (Å²) in [7, 11) is 0. The van der Waals surface area contributed by atoms with Gasteiger partial charge in [0.2, 0.25) is 0 Å². The predicted molar refractivity (Wildman–Crippen MR) is 78.4 cm³/mol. The van der Waals surface area contributed by atoms with Gasteiger partial charge in [0.15, 0.2) is 0 Å². The second-order valence-electron chi connectivity index (χ2n) is 4.87. The lowest BCUT2D eigenvalue weighted by atomic mass is 10.1. The van der Waals surface area contributed by atoms with Crippen molar-refractivity contribution in [2.24, 2.45) is 0 Å². The van der Waals surface area contributed by atoms with Gasteiger partial charge >= 0.3 is 0 Å². The number of ether oxygens (including phenoxy) is 1. The maximum atomic E-state index is 9.10. The van der Waals surface area contributed by atoms with Crippen LogP contribution in [0.4, 0.5) is 0 Å². The molecule has 0 spiro atoms. The van der Waals surface area contributed by atoms with Crippen molar-refractivity contribution in [1.29, 1.82) is 0 Å². The van der Waals surface area contributed by atoms with E-state index in [2.05, 4.69) is 37.2 Å². The smallest absolute Gasteiger partial charge is 0.134 e. The average Bonchev–Trinajstić information content (AvgIpc) is 3.16. The Bertz CT molecular complexity index is 378. The first-order valence-electron chi connectivity index (χ1n) is 7.22. The predicted octanol–water partition coefficient (Wildman–Crippen LogP) is 3.06. The number of aliphatic hydroxyl groups excluding tert-OH is 1. The van der Waals surface area contributed by atoms with E-state index in [0.717, 1.165) is 12.8 Å². The summed E-state index contributed by atoms with van der Waals surface area (Å²) in [5.41, 5.74) is 0. The lowest BCUT2D eigenvalue weighted by Crippen LogP contribution is -1.94. The van der Waals surface area contributed by atoms with Crippen molar-refractivity contribution in [2.75, 3.05) is 0 Å². The van der Waals surface area contributed by atoms with Gasteiger partial charge in [0.25, 0.3) is 0 Å². The maximum absolute atomic E-state index is 9.10. The maximum Gasteiger partial charge on any atom is 0.134 e. The summed E-state index contributed by atoms with van der Waals surface area (Å²) >= 11 is 0. The Labute approximate surface area is 117 Å². The Morgan fingerprint density at radius 3 is 2.74 bits per heavy atom. The highest BCUT2D eigenvalue weighted by atomic mass is 16.6. The van der Waals surface area contributed by atoms with Crippen LogP contribution in [0.2, 0.25) is 0 Å². The van der Waals surface area contributed by atoms with Crippen molar-refractivity contribution in [1.82, 2.24) is 0 Å². The van der Waals surface area contributed by atoms with Gasteiger partial charge in [0.05, 0.1) is 12.2 Å². The van der Waals surface area contributed by atoms with Gasteiger partial charge in [0.1, 0.15) is 6.10 Å². The first kappa shape index (κ1) is 15.8. The summed E-state index contributed by atoms with van der Waals surface area (Å²) in [6.45, 7) is 5.67. The molecule has 0 aromatic carbocycles. The van der Waals surface area contributed by atoms with Gasteiger partial charge in [0, 0.05) is 6.42 Å². The molecule has 0 radical (unpaired) electrons. The zero-order valence-electron chi connectivity index (χ0n) is 11.8. The lowest BCUT2D eigenvalue weighted by molar-refractivity contribution is 0.281. The minimum Gasteiger partial charge on any atom is -0.377 e. The molecule has 104 valence electrons. The largest absolute Gasteiger partial charge is 0.377 e. The standard InChI is InChI=1S/C17H24O2/c1-3-5-6-7-10-13-16-17(19-16)14-11-8-9-12-15(18)4-2/h4,15-18H,2-3,5-7,10,13-14H2,1H3. The van der Waals surface area contributed by atoms with E-state index >= 15 is 0 Å². The van der Waals surface area contributed by atoms with Gasteiger partial charge < -0.3 is 9.84 Å². The Morgan fingerprint density at radius 1 is 1.21 bits per heavy atom. The highest BCUT2D eigenvalue weighted by Gasteiger charge is 2.36. The third kappa shape index (κ3) is 7.73. The first-order chi connectivity index (χ1) is 9.27. The monoisotopic (exact) mass is 260 g/mol. The summed E-state index contributed by atoms with van der Waals surface area (Å²) in [6, 6.07) is 0. The van der Waals surface area contributed by atoms with Crippen molar-refractivity contribution in [3.63, 3.8) is 0 Å². The molecule has 1 rings (SSSR count). The molecule has 1 fully saturated rings. The fraction of sp³-hybridized carbons (Fsp3) is 0.647. The molecule has 19 heavy (non-hydrogen) atoms. The Hall–Kier alpha value is -1.22. The van der Waals surface area contributed by atoms with E-state index in [1.165, 1.54) is 38.2 Å². The quantitative estimate of drug-likeness (QED) is 0.315. The number of epoxide rings is 1. The molecule has 1 N–H and O–H groups in total. The fourth-order valence-electron chi connectivity index (χ4n) is 1.93. The average molecular weight is 260 g/mol. The summed E-state index contributed by atoms with van der Waals surface area (Å²) in [4.78, 5) is 0. The Kier molecular flexibility index (Phi) is 8.07. The number of unbranched alkanes of at least 4 members (excludes halogenated alkanes) is 4. The van der Waals surface area contributed by atoms with Gasteiger partial charge in [-0.15, -0.1) is 0 Å². The van der Waals surface area contributed by atoms with Crippen LogP contribution in [0.1, 0.15) is 51.9 Å². The topological polar surface area (TPSA) is 32.8 Å². The highest BCUT2D eigenvalue weighted by molar-refractivity contribution is 5.29. The third-order valence-electron chi connectivity index (χ3n) is 3.18. The molecule has 1 aliphatic rings. The van der Waals surface area contributed by atoms with Crippen molar-refractivity contribution in [3.8, 4) is 23.7 Å². The van der Waals surface area contributed by atoms with E-state index in [-0.39, 0.29) is 0 Å². The lowest BCUT2D eigenvalue weighted by Gasteiger charge is -1.96. The molecule has 0 bridgehead atoms. The van der Waals surface area contributed by atoms with E-state index < -0.39 is 6.10 Å². The van der Waals surface area contributed by atoms with Crippen LogP contribution in [0.25, 0.3) is 0 Å². The molecule has 3 atom stereocenters. The molecule has 1 saturated heterocycles. The van der Waals surface area contributed by atoms with E-state index in [9.17, 15) is 0 Å². The summed E-state index contributed by atoms with van der Waals surface area (Å²) in [6.07, 6.45) is 9.80. The molecule has 3 unspecified atom stereocenters. The van der Waals surface area contributed by atoms with Gasteiger partial charge in [-0.3, -0.25) is 0 Å². The van der Waals surface area contributed by atoms with Crippen LogP contribution in [-0.2, 0) is 4.74 Å². The molecule has 1 heterocycles. The second-order valence-corrected chi connectivity index (χ2v) is 4.87. The second kappa shape index (κ2) is 9.68. The van der Waals surface area contributed by atoms with E-state index in [1.807, 2.05) is 0 Å². The molecule has 1 aliphatic heterocycles. The van der Waals surface area contributed by atoms with Crippen LogP contribution in [0, 0.1) is 23.7 Å². The normalized spacial score (nSPS) is 21.6. The summed E-state index contributed by atoms with van der Waals surface area (Å²) < 4.78 is 5.56. The molecular weight excluding hydrogens is 236 g/mol. The minimum absolute atomic E-state index is 0.310. The molecule has 0 aromatic rings. The molecule has 0 amide bonds. The SMILES string of the molecule is C=CC(O)C#CC#CCC1OC1CCCCCCC. The van der Waals surface area contributed by atoms with Crippen molar-refractivity contribution in [2.45, 2.75) is 70.2 Å². The van der Waals surface area contributed by atoms with Crippen molar-refractivity contribution < 1.29 is 9.84 Å². The molecule has 0 saturated carbocycles. The van der Waals surface area contributed by atoms with E-state index in [4.69, 9.17) is 9.84 Å². The van der Waals surface area contributed by atoms with E-state index in [0.29, 0.717) is 12.2 Å². The van der Waals surface area contributed by atoms with Gasteiger partial charge in [-0.2, -0.15) is 0 Å². The number of hydrogen-bond donors (Lipinski definition) is 1. The van der Waals surface area contributed by atoms with Gasteiger partial charge in [-0.05, 0) is 18.3 Å². The Morgan fingerprint density at radius 2 is 2.00 bits per heavy atom. The van der Waals surface area contributed by atoms with Crippen molar-refractivity contribution in [3.05, 3.63) is 12.7 Å². The Balaban J connectivity index is 2.03. The van der Waals surface area contributed by atoms with Crippen LogP contribution in [0.15, 0.2) is 12.7 Å². The van der Waals surface area contributed by atoms with Gasteiger partial charge in [-0.1, -0.05) is 63.5 Å². The van der Waals surface area contributed by atoms with Crippen molar-refractivity contribution >= 4 is 0 Å². The fourth-order valence-corrected chi connectivity index (χ4v) is 1.93. The summed E-state index contributed by atoms with van der Waals surface area (Å²) in [5, 5.41) is 9.10. The van der Waals surface area contributed by atoms with Crippen LogP contribution < -0.4 is 0 Å². The zero-order chi connectivity index (χ0) is 13.9. The molecule has 0 aliphatic carbocycles. The number of hydrogen-bond acceptors (Lipinski definition) is 2. The highest BCUT2D eigenvalue weighted by Crippen LogP contribution is 2.29. The molecule has 2 nitrogen and oxygen atoms in total. The van der Waals surface area contributed by atoms with Crippen LogP contribution >= 0.6 is 0 Å². The minimum atomic E-state index is -0.776.